The topological polar surface area (TPSA) is 40.1 Å². The third kappa shape index (κ3) is 1.64. The maximum absolute atomic E-state index is 11.3. The molecule has 1 unspecified atom stereocenters. The maximum Gasteiger partial charge on any atom is 0.0333 e. The highest BCUT2D eigenvalue weighted by Crippen LogP contribution is 2.29. The van der Waals surface area contributed by atoms with Crippen molar-refractivity contribution < 1.29 is 8.76 Å². The fourth-order valence-corrected chi connectivity index (χ4v) is 2.75. The van der Waals surface area contributed by atoms with Gasteiger partial charge in [-0.05, 0) is 33.3 Å². The SMILES string of the molecule is O=S([O-])c1cccc2ccc3ccccc3c12. The van der Waals surface area contributed by atoms with E-state index >= 15 is 0 Å². The number of hydrogen-bond acceptors (Lipinski definition) is 2. The highest BCUT2D eigenvalue weighted by Gasteiger charge is 2.05. The van der Waals surface area contributed by atoms with Gasteiger partial charge in [-0.2, -0.15) is 0 Å². The molecule has 0 fully saturated rings. The molecule has 1 atom stereocenters. The standard InChI is InChI=1S/C14H10O2S/c15-17(16)13-7-3-5-11-9-8-10-4-1-2-6-12(10)14(11)13/h1-9H,(H,15,16)/p-1. The minimum Gasteiger partial charge on any atom is -0.768 e. The summed E-state index contributed by atoms with van der Waals surface area (Å²) in [6.45, 7) is 0. The van der Waals surface area contributed by atoms with Gasteiger partial charge in [-0.25, -0.2) is 0 Å². The Balaban J connectivity index is 2.59. The van der Waals surface area contributed by atoms with E-state index in [4.69, 9.17) is 0 Å². The molecule has 0 amide bonds. The molecule has 0 radical (unpaired) electrons. The summed E-state index contributed by atoms with van der Waals surface area (Å²) >= 11 is -2.21. The van der Waals surface area contributed by atoms with Crippen molar-refractivity contribution >= 4 is 32.6 Å². The molecule has 0 saturated heterocycles. The van der Waals surface area contributed by atoms with E-state index in [2.05, 4.69) is 0 Å². The van der Waals surface area contributed by atoms with E-state index in [1.165, 1.54) is 0 Å². The fraction of sp³-hybridized carbons (Fsp3) is 0. The molecule has 3 aromatic rings. The second-order valence-corrected chi connectivity index (χ2v) is 4.78. The lowest BCUT2D eigenvalue weighted by molar-refractivity contribution is 0.538. The first-order valence-corrected chi connectivity index (χ1v) is 6.34. The van der Waals surface area contributed by atoms with Crippen molar-refractivity contribution in [2.75, 3.05) is 0 Å². The van der Waals surface area contributed by atoms with Crippen LogP contribution in [0.25, 0.3) is 21.5 Å². The van der Waals surface area contributed by atoms with Crippen LogP contribution in [0.5, 0.6) is 0 Å². The molecule has 0 aromatic heterocycles. The zero-order chi connectivity index (χ0) is 11.8. The van der Waals surface area contributed by atoms with Gasteiger partial charge in [0, 0.05) is 10.3 Å². The highest BCUT2D eigenvalue weighted by atomic mass is 32.2. The number of hydrogen-bond donors (Lipinski definition) is 0. The first-order valence-electron chi connectivity index (χ1n) is 5.27. The predicted octanol–water partition coefficient (Wildman–Crippen LogP) is 3.23. The third-order valence-corrected chi connectivity index (χ3v) is 3.61. The maximum atomic E-state index is 11.3. The van der Waals surface area contributed by atoms with E-state index in [0.717, 1.165) is 21.5 Å². The Labute approximate surface area is 101 Å². The van der Waals surface area contributed by atoms with Crippen molar-refractivity contribution in [3.05, 3.63) is 54.6 Å². The van der Waals surface area contributed by atoms with Gasteiger partial charge in [0.25, 0.3) is 0 Å². The van der Waals surface area contributed by atoms with Crippen LogP contribution in [-0.4, -0.2) is 8.76 Å². The lowest BCUT2D eigenvalue weighted by atomic mass is 10.0. The molecule has 2 nitrogen and oxygen atoms in total. The molecule has 0 aliphatic carbocycles. The molecule has 84 valence electrons. The quantitative estimate of drug-likeness (QED) is 0.484. The van der Waals surface area contributed by atoms with Crippen LogP contribution in [0.2, 0.25) is 0 Å². The molecule has 17 heavy (non-hydrogen) atoms. The second kappa shape index (κ2) is 3.95. The minimum absolute atomic E-state index is 0.360. The zero-order valence-electron chi connectivity index (χ0n) is 8.92. The van der Waals surface area contributed by atoms with Gasteiger partial charge in [-0.1, -0.05) is 48.5 Å². The van der Waals surface area contributed by atoms with Gasteiger partial charge in [0.15, 0.2) is 0 Å². The number of rotatable bonds is 1. The molecule has 0 bridgehead atoms. The van der Waals surface area contributed by atoms with Crippen molar-refractivity contribution in [2.45, 2.75) is 4.90 Å². The summed E-state index contributed by atoms with van der Waals surface area (Å²) in [4.78, 5) is 0.360. The molecule has 0 N–H and O–H groups in total. The molecular weight excluding hydrogens is 232 g/mol. The molecular formula is C14H9O2S-. The van der Waals surface area contributed by atoms with Crippen molar-refractivity contribution in [1.29, 1.82) is 0 Å². The van der Waals surface area contributed by atoms with Crippen LogP contribution < -0.4 is 0 Å². The predicted molar refractivity (Wildman–Crippen MR) is 68.6 cm³/mol. The smallest absolute Gasteiger partial charge is 0.0333 e. The Kier molecular flexibility index (Phi) is 2.42. The largest absolute Gasteiger partial charge is 0.768 e. The van der Waals surface area contributed by atoms with Gasteiger partial charge in [-0.15, -0.1) is 0 Å². The van der Waals surface area contributed by atoms with Crippen LogP contribution in [0.3, 0.4) is 0 Å². The Morgan fingerprint density at radius 2 is 1.53 bits per heavy atom. The molecule has 0 spiro atoms. The third-order valence-electron chi connectivity index (χ3n) is 2.91. The molecule has 3 aromatic carbocycles. The van der Waals surface area contributed by atoms with Crippen LogP contribution in [0.1, 0.15) is 0 Å². The van der Waals surface area contributed by atoms with Crippen LogP contribution in [0.4, 0.5) is 0 Å². The van der Waals surface area contributed by atoms with Crippen molar-refractivity contribution in [1.82, 2.24) is 0 Å². The van der Waals surface area contributed by atoms with Gasteiger partial charge in [0.05, 0.1) is 0 Å². The van der Waals surface area contributed by atoms with Gasteiger partial charge in [0.1, 0.15) is 0 Å². The van der Waals surface area contributed by atoms with Crippen LogP contribution in [0.15, 0.2) is 59.5 Å². The van der Waals surface area contributed by atoms with Gasteiger partial charge in [-0.3, -0.25) is 4.21 Å². The zero-order valence-corrected chi connectivity index (χ0v) is 9.74. The van der Waals surface area contributed by atoms with Gasteiger partial charge >= 0.3 is 0 Å². The molecule has 0 aliphatic heterocycles. The molecule has 0 saturated carbocycles. The lowest BCUT2D eigenvalue weighted by Crippen LogP contribution is -1.91. The first-order chi connectivity index (χ1) is 8.27. The first kappa shape index (κ1) is 10.4. The Hall–Kier alpha value is -1.71. The Morgan fingerprint density at radius 3 is 2.35 bits per heavy atom. The average Bonchev–Trinajstić information content (AvgIpc) is 2.37. The minimum atomic E-state index is -2.21. The van der Waals surface area contributed by atoms with Crippen LogP contribution >= 0.6 is 0 Å². The second-order valence-electron chi connectivity index (χ2n) is 3.88. The van der Waals surface area contributed by atoms with Crippen LogP contribution in [-0.2, 0) is 11.1 Å². The molecule has 0 aliphatic rings. The normalized spacial score (nSPS) is 13.0. The van der Waals surface area contributed by atoms with E-state index < -0.39 is 11.1 Å². The summed E-state index contributed by atoms with van der Waals surface area (Å²) in [5, 5.41) is 3.78. The van der Waals surface area contributed by atoms with E-state index in [9.17, 15) is 8.76 Å². The summed E-state index contributed by atoms with van der Waals surface area (Å²) in [7, 11) is 0. The molecule has 0 heterocycles. The Bertz CT molecular complexity index is 734. The highest BCUT2D eigenvalue weighted by molar-refractivity contribution is 7.79. The summed E-state index contributed by atoms with van der Waals surface area (Å²) in [6, 6.07) is 17.1. The Morgan fingerprint density at radius 1 is 0.824 bits per heavy atom. The van der Waals surface area contributed by atoms with Gasteiger partial charge < -0.3 is 4.55 Å². The number of benzene rings is 3. The van der Waals surface area contributed by atoms with E-state index in [1.807, 2.05) is 42.5 Å². The fourth-order valence-electron chi connectivity index (χ4n) is 2.16. The summed E-state index contributed by atoms with van der Waals surface area (Å²) in [6.07, 6.45) is 0. The van der Waals surface area contributed by atoms with E-state index in [0.29, 0.717) is 4.90 Å². The molecule has 3 rings (SSSR count). The van der Waals surface area contributed by atoms with Crippen LogP contribution in [0, 0.1) is 0 Å². The number of fused-ring (bicyclic) bond motifs is 3. The lowest BCUT2D eigenvalue weighted by Gasteiger charge is -2.11. The summed E-state index contributed by atoms with van der Waals surface area (Å²) in [5.74, 6) is 0. The van der Waals surface area contributed by atoms with Gasteiger partial charge in [0.2, 0.25) is 0 Å². The van der Waals surface area contributed by atoms with Crippen molar-refractivity contribution in [3.63, 3.8) is 0 Å². The van der Waals surface area contributed by atoms with Crippen molar-refractivity contribution in [3.8, 4) is 0 Å². The monoisotopic (exact) mass is 241 g/mol. The summed E-state index contributed by atoms with van der Waals surface area (Å²) in [5.41, 5.74) is 0. The average molecular weight is 241 g/mol. The molecule has 3 heteroatoms. The van der Waals surface area contributed by atoms with E-state index in [-0.39, 0.29) is 0 Å². The summed E-state index contributed by atoms with van der Waals surface area (Å²) < 4.78 is 22.5. The van der Waals surface area contributed by atoms with E-state index in [1.54, 1.807) is 12.1 Å². The van der Waals surface area contributed by atoms with Crippen molar-refractivity contribution in [2.24, 2.45) is 0 Å².